The van der Waals surface area contributed by atoms with Crippen molar-refractivity contribution in [3.05, 3.63) is 18.3 Å². The van der Waals surface area contributed by atoms with Gasteiger partial charge in [0.05, 0.1) is 6.04 Å². The van der Waals surface area contributed by atoms with Gasteiger partial charge in [0.25, 0.3) is 11.9 Å². The van der Waals surface area contributed by atoms with Gasteiger partial charge in [0, 0.05) is 12.7 Å². The van der Waals surface area contributed by atoms with Gasteiger partial charge in [-0.05, 0) is 53.6 Å². The molecular weight excluding hydrogens is 512 g/mol. The highest BCUT2D eigenvalue weighted by molar-refractivity contribution is 6.37. The first-order valence-corrected chi connectivity index (χ1v) is 14.1. The quantitative estimate of drug-likeness (QED) is 0.400. The van der Waals surface area contributed by atoms with Crippen molar-refractivity contribution in [2.24, 2.45) is 27.9 Å². The van der Waals surface area contributed by atoms with Crippen LogP contribution in [0.25, 0.3) is 11.2 Å². The lowest BCUT2D eigenvalue weighted by molar-refractivity contribution is -0.142. The maximum atomic E-state index is 14.3. The minimum Gasteiger partial charge on any atom is -0.422 e. The zero-order valence-electron chi connectivity index (χ0n) is 24.0. The standard InChI is InChI=1S/C29H40N6O5/c1-27(2,3)21(33-26-34-23-19(40-26)10-7-11-31-23)25(39)35-15-29(14-28(29,4)5)13-18(35)24(38)32-17(20(36)22(30)37)12-16-8-6-9-16/h7,10-11,16-18,21H,6,8-9,12-15H2,1-5H3,(H2,30,37)(H,32,38)(H,31,33,34)/t17?,18?,21-,29+/m1/s1. The van der Waals surface area contributed by atoms with E-state index in [9.17, 15) is 19.2 Å². The molecule has 2 aliphatic carbocycles. The fourth-order valence-corrected chi connectivity index (χ4v) is 6.37. The van der Waals surface area contributed by atoms with Gasteiger partial charge >= 0.3 is 0 Å². The number of primary amides is 1. The van der Waals surface area contributed by atoms with E-state index < -0.39 is 41.1 Å². The maximum Gasteiger partial charge on any atom is 0.297 e. The molecule has 2 saturated carbocycles. The lowest BCUT2D eigenvalue weighted by Gasteiger charge is -2.35. The lowest BCUT2D eigenvalue weighted by Crippen LogP contribution is -2.57. The lowest BCUT2D eigenvalue weighted by atomic mass is 9.80. The summed E-state index contributed by atoms with van der Waals surface area (Å²) in [4.78, 5) is 62.7. The molecule has 40 heavy (non-hydrogen) atoms. The Morgan fingerprint density at radius 1 is 1.23 bits per heavy atom. The van der Waals surface area contributed by atoms with Crippen LogP contribution in [0.2, 0.25) is 0 Å². The normalized spacial score (nSPS) is 25.3. The van der Waals surface area contributed by atoms with Crippen LogP contribution in [-0.4, -0.2) is 63.0 Å². The first-order valence-electron chi connectivity index (χ1n) is 14.1. The molecule has 2 aromatic rings. The second-order valence-electron chi connectivity index (χ2n) is 13.6. The molecule has 3 fully saturated rings. The molecule has 3 amide bonds. The minimum atomic E-state index is -1.06. The van der Waals surface area contributed by atoms with E-state index in [0.717, 1.165) is 25.7 Å². The largest absolute Gasteiger partial charge is 0.422 e. The fraction of sp³-hybridized carbons (Fsp3) is 0.655. The molecule has 11 heteroatoms. The summed E-state index contributed by atoms with van der Waals surface area (Å²) in [6, 6.07) is 1.15. The third-order valence-electron chi connectivity index (χ3n) is 9.33. The van der Waals surface area contributed by atoms with Crippen molar-refractivity contribution in [3.8, 4) is 0 Å². The summed E-state index contributed by atoms with van der Waals surface area (Å²) in [5, 5.41) is 5.99. The molecule has 1 spiro atoms. The number of fused-ring (bicyclic) bond motifs is 1. The van der Waals surface area contributed by atoms with Crippen LogP contribution in [-0.2, 0) is 19.2 Å². The Morgan fingerprint density at radius 3 is 2.48 bits per heavy atom. The van der Waals surface area contributed by atoms with Gasteiger partial charge in [-0.3, -0.25) is 19.2 Å². The Labute approximate surface area is 234 Å². The molecule has 4 atom stereocenters. The average Bonchev–Trinajstić information content (AvgIpc) is 3.18. The number of likely N-dealkylation sites (tertiary alicyclic amines) is 1. The zero-order chi connectivity index (χ0) is 29.0. The molecule has 0 radical (unpaired) electrons. The van der Waals surface area contributed by atoms with Crippen LogP contribution in [0.5, 0.6) is 0 Å². The van der Waals surface area contributed by atoms with Crippen LogP contribution >= 0.6 is 0 Å². The topological polar surface area (TPSA) is 161 Å². The summed E-state index contributed by atoms with van der Waals surface area (Å²) in [6.45, 7) is 10.5. The van der Waals surface area contributed by atoms with Crippen molar-refractivity contribution in [1.82, 2.24) is 20.2 Å². The number of hydrogen-bond acceptors (Lipinski definition) is 8. The number of oxazole rings is 1. The summed E-state index contributed by atoms with van der Waals surface area (Å²) in [7, 11) is 0. The number of pyridine rings is 1. The number of anilines is 1. The molecule has 4 N–H and O–H groups in total. The molecule has 5 rings (SSSR count). The number of amides is 3. The average molecular weight is 553 g/mol. The molecular formula is C29H40N6O5. The van der Waals surface area contributed by atoms with Crippen molar-refractivity contribution >= 4 is 40.7 Å². The number of aromatic nitrogens is 2. The highest BCUT2D eigenvalue weighted by Crippen LogP contribution is 2.69. The number of rotatable bonds is 9. The third-order valence-corrected chi connectivity index (χ3v) is 9.33. The number of carbonyl (C=O) groups excluding carboxylic acids is 4. The van der Waals surface area contributed by atoms with Crippen molar-refractivity contribution in [2.45, 2.75) is 91.3 Å². The van der Waals surface area contributed by atoms with E-state index in [1.54, 1.807) is 23.2 Å². The van der Waals surface area contributed by atoms with Gasteiger partial charge in [-0.2, -0.15) is 4.98 Å². The van der Waals surface area contributed by atoms with Crippen LogP contribution in [0.15, 0.2) is 22.7 Å². The Balaban J connectivity index is 1.40. The predicted molar refractivity (Wildman–Crippen MR) is 148 cm³/mol. The number of nitrogens with one attached hydrogen (secondary N) is 2. The Hall–Kier alpha value is -3.50. The van der Waals surface area contributed by atoms with Gasteiger partial charge in [-0.15, -0.1) is 0 Å². The number of ketones is 1. The van der Waals surface area contributed by atoms with Gasteiger partial charge < -0.3 is 25.7 Å². The van der Waals surface area contributed by atoms with E-state index in [1.165, 1.54) is 0 Å². The van der Waals surface area contributed by atoms with Crippen LogP contribution in [0.3, 0.4) is 0 Å². The first kappa shape index (κ1) is 28.0. The maximum absolute atomic E-state index is 14.3. The fourth-order valence-electron chi connectivity index (χ4n) is 6.37. The van der Waals surface area contributed by atoms with E-state index in [2.05, 4.69) is 34.4 Å². The number of nitrogens with two attached hydrogens (primary N) is 1. The van der Waals surface area contributed by atoms with E-state index in [0.29, 0.717) is 30.6 Å². The van der Waals surface area contributed by atoms with Crippen molar-refractivity contribution in [2.75, 3.05) is 11.9 Å². The summed E-state index contributed by atoms with van der Waals surface area (Å²) >= 11 is 0. The molecule has 0 bridgehead atoms. The molecule has 216 valence electrons. The summed E-state index contributed by atoms with van der Waals surface area (Å²) in [6.07, 6.45) is 6.35. The van der Waals surface area contributed by atoms with Crippen molar-refractivity contribution in [1.29, 1.82) is 0 Å². The second-order valence-corrected chi connectivity index (χ2v) is 13.6. The van der Waals surface area contributed by atoms with Crippen molar-refractivity contribution < 1.29 is 23.6 Å². The molecule has 0 aromatic carbocycles. The second kappa shape index (κ2) is 9.85. The van der Waals surface area contributed by atoms with Gasteiger partial charge in [0.15, 0.2) is 5.58 Å². The first-order chi connectivity index (χ1) is 18.7. The SMILES string of the molecule is CC(C)(C)[C@H](Nc1nc2ncccc2o1)C(=O)N1C[C@]2(CC1C(=O)NC(CC1CCC1)C(=O)C(N)=O)CC2(C)C. The van der Waals surface area contributed by atoms with Crippen molar-refractivity contribution in [3.63, 3.8) is 0 Å². The van der Waals surface area contributed by atoms with Gasteiger partial charge in [-0.1, -0.05) is 53.9 Å². The molecule has 2 unspecified atom stereocenters. The molecule has 1 saturated heterocycles. The molecule has 3 aliphatic rings. The van der Waals surface area contributed by atoms with Crippen LogP contribution in [0.1, 0.15) is 73.1 Å². The highest BCUT2D eigenvalue weighted by Gasteiger charge is 2.67. The van der Waals surface area contributed by atoms with Crippen LogP contribution < -0.4 is 16.4 Å². The molecule has 1 aliphatic heterocycles. The number of Topliss-reactive ketones (excluding diaryl/α,β-unsaturated/α-hetero) is 1. The third kappa shape index (κ3) is 5.17. The monoisotopic (exact) mass is 552 g/mol. The van der Waals surface area contributed by atoms with Crippen LogP contribution in [0, 0.1) is 22.2 Å². The predicted octanol–water partition coefficient (Wildman–Crippen LogP) is 2.80. The number of carbonyl (C=O) groups is 4. The van der Waals surface area contributed by atoms with E-state index in [-0.39, 0.29) is 28.7 Å². The number of nitrogens with zero attached hydrogens (tertiary/aromatic N) is 3. The molecule has 11 nitrogen and oxygen atoms in total. The summed E-state index contributed by atoms with van der Waals surface area (Å²) in [5.74, 6) is -2.27. The van der Waals surface area contributed by atoms with Gasteiger partial charge in [-0.25, -0.2) is 4.98 Å². The minimum absolute atomic E-state index is 0.0223. The summed E-state index contributed by atoms with van der Waals surface area (Å²) in [5.41, 5.74) is 5.48. The Bertz CT molecular complexity index is 1310. The van der Waals surface area contributed by atoms with Gasteiger partial charge in [0.1, 0.15) is 12.1 Å². The van der Waals surface area contributed by atoms with E-state index >= 15 is 0 Å². The smallest absolute Gasteiger partial charge is 0.297 e. The number of hydrogen-bond donors (Lipinski definition) is 3. The Morgan fingerprint density at radius 2 is 1.93 bits per heavy atom. The zero-order valence-corrected chi connectivity index (χ0v) is 24.0. The van der Waals surface area contributed by atoms with Gasteiger partial charge in [0.2, 0.25) is 23.2 Å². The highest BCUT2D eigenvalue weighted by atomic mass is 16.4. The van der Waals surface area contributed by atoms with E-state index in [1.807, 2.05) is 20.8 Å². The van der Waals surface area contributed by atoms with Crippen LogP contribution in [0.4, 0.5) is 6.01 Å². The molecule has 3 heterocycles. The van der Waals surface area contributed by atoms with E-state index in [4.69, 9.17) is 10.2 Å². The molecule has 2 aromatic heterocycles. The Kier molecular flexibility index (Phi) is 6.90. The summed E-state index contributed by atoms with van der Waals surface area (Å²) < 4.78 is 5.81.